The van der Waals surface area contributed by atoms with Gasteiger partial charge in [-0.15, -0.1) is 0 Å². The van der Waals surface area contributed by atoms with Crippen molar-refractivity contribution in [1.29, 1.82) is 0 Å². The minimum Gasteiger partial charge on any atom is -0.634 e. The Morgan fingerprint density at radius 3 is 2.70 bits per heavy atom. The predicted octanol–water partition coefficient (Wildman–Crippen LogP) is -0.0601. The zero-order chi connectivity index (χ0) is 6.72. The number of rotatable bonds is 0. The fourth-order valence-corrected chi connectivity index (χ4v) is 3.44. The number of hydrogen-bond donors (Lipinski definition) is 1. The van der Waals surface area contributed by atoms with Crippen molar-refractivity contribution in [3.8, 4) is 0 Å². The molecule has 1 N–H and O–H groups in total. The Morgan fingerprint density at radius 1 is 1.10 bits per heavy atom. The molecule has 10 heavy (non-hydrogen) atoms. The molecule has 0 aromatic carbocycles. The van der Waals surface area contributed by atoms with E-state index in [0.717, 1.165) is 11.8 Å². The van der Waals surface area contributed by atoms with Crippen molar-refractivity contribution < 1.29 is 5.06 Å². The van der Waals surface area contributed by atoms with Crippen LogP contribution in [0.4, 0.5) is 0 Å². The largest absolute Gasteiger partial charge is 0.634 e. The highest BCUT2D eigenvalue weighted by Gasteiger charge is 2.53. The summed E-state index contributed by atoms with van der Waals surface area (Å²) in [6, 6.07) is 1.05. The van der Waals surface area contributed by atoms with Crippen LogP contribution in [0.15, 0.2) is 0 Å². The van der Waals surface area contributed by atoms with E-state index < -0.39 is 0 Å². The molecular weight excluding hydrogens is 126 g/mol. The standard InChI is InChI=1S/C8H13NO/c10-9-7-2-5-1-6(4-7)8(9)3-5/h5-9H,1-4H2. The van der Waals surface area contributed by atoms with E-state index in [1.54, 1.807) is 0 Å². The van der Waals surface area contributed by atoms with Crippen molar-refractivity contribution in [1.82, 2.24) is 0 Å². The lowest BCUT2D eigenvalue weighted by Gasteiger charge is -2.35. The normalized spacial score (nSPS) is 63.9. The molecule has 4 bridgehead atoms. The molecule has 4 rings (SSSR count). The molecule has 2 aliphatic carbocycles. The SMILES string of the molecule is [O-][NH+]1C2CC3CC(C2)C1C3. The second-order valence-electron chi connectivity index (χ2n) is 4.27. The van der Waals surface area contributed by atoms with Gasteiger partial charge in [-0.1, -0.05) is 0 Å². The van der Waals surface area contributed by atoms with Crippen LogP contribution >= 0.6 is 0 Å². The van der Waals surface area contributed by atoms with E-state index in [2.05, 4.69) is 0 Å². The molecule has 2 heteroatoms. The molecule has 5 unspecified atom stereocenters. The average Bonchev–Trinajstić information content (AvgIpc) is 2.31. The fraction of sp³-hybridized carbons (Fsp3) is 1.00. The maximum atomic E-state index is 11.4. The molecule has 0 spiro atoms. The summed E-state index contributed by atoms with van der Waals surface area (Å²) >= 11 is 0. The van der Waals surface area contributed by atoms with Gasteiger partial charge >= 0.3 is 0 Å². The van der Waals surface area contributed by atoms with Crippen molar-refractivity contribution in [3.05, 3.63) is 5.21 Å². The first-order valence-corrected chi connectivity index (χ1v) is 4.38. The lowest BCUT2D eigenvalue weighted by molar-refractivity contribution is -0.893. The van der Waals surface area contributed by atoms with Gasteiger partial charge in [-0.25, -0.2) is 0 Å². The molecule has 0 radical (unpaired) electrons. The second kappa shape index (κ2) is 1.56. The molecular formula is C8H13NO. The van der Waals surface area contributed by atoms with Crippen LogP contribution in [0.2, 0.25) is 0 Å². The summed E-state index contributed by atoms with van der Waals surface area (Å²) in [5.41, 5.74) is 0. The molecule has 2 saturated heterocycles. The molecule has 0 aromatic heterocycles. The first kappa shape index (κ1) is 5.56. The Hall–Kier alpha value is -0.0800. The Kier molecular flexibility index (Phi) is 0.868. The van der Waals surface area contributed by atoms with Gasteiger partial charge in [0.1, 0.15) is 0 Å². The van der Waals surface area contributed by atoms with E-state index in [4.69, 9.17) is 0 Å². The van der Waals surface area contributed by atoms with Crippen LogP contribution in [0.3, 0.4) is 0 Å². The number of quaternary nitrogens is 1. The lowest BCUT2D eigenvalue weighted by atomic mass is 9.87. The van der Waals surface area contributed by atoms with Crippen molar-refractivity contribution in [2.45, 2.75) is 37.8 Å². The molecule has 2 heterocycles. The third kappa shape index (κ3) is 0.487. The molecule has 5 atom stereocenters. The summed E-state index contributed by atoms with van der Waals surface area (Å²) in [5.74, 6) is 1.78. The molecule has 4 aliphatic rings. The van der Waals surface area contributed by atoms with Gasteiger partial charge in [0, 0.05) is 25.2 Å². The van der Waals surface area contributed by atoms with Crippen LogP contribution in [0.25, 0.3) is 0 Å². The highest BCUT2D eigenvalue weighted by Crippen LogP contribution is 2.44. The van der Waals surface area contributed by atoms with Crippen LogP contribution in [0.1, 0.15) is 25.7 Å². The maximum Gasteiger partial charge on any atom is 0.0907 e. The second-order valence-corrected chi connectivity index (χ2v) is 4.27. The van der Waals surface area contributed by atoms with Gasteiger partial charge in [0.05, 0.1) is 12.1 Å². The van der Waals surface area contributed by atoms with Crippen LogP contribution in [0, 0.1) is 17.0 Å². The molecule has 2 saturated carbocycles. The van der Waals surface area contributed by atoms with Gasteiger partial charge in [0.15, 0.2) is 0 Å². The number of nitrogens with one attached hydrogen (secondary N) is 1. The minimum atomic E-state index is 0.516. The molecule has 4 fully saturated rings. The van der Waals surface area contributed by atoms with Gasteiger partial charge < -0.3 is 10.3 Å². The molecule has 0 aromatic rings. The van der Waals surface area contributed by atoms with Crippen molar-refractivity contribution in [2.75, 3.05) is 0 Å². The van der Waals surface area contributed by atoms with E-state index in [9.17, 15) is 5.21 Å². The summed E-state index contributed by atoms with van der Waals surface area (Å²) in [7, 11) is 0. The fourth-order valence-electron chi connectivity index (χ4n) is 3.44. The maximum absolute atomic E-state index is 11.4. The van der Waals surface area contributed by atoms with E-state index in [1.807, 2.05) is 0 Å². The van der Waals surface area contributed by atoms with Crippen LogP contribution in [0.5, 0.6) is 0 Å². The van der Waals surface area contributed by atoms with Gasteiger partial charge in [0.25, 0.3) is 0 Å². The third-order valence-electron chi connectivity index (χ3n) is 3.77. The molecule has 2 aliphatic heterocycles. The molecule has 2 nitrogen and oxygen atoms in total. The van der Waals surface area contributed by atoms with Crippen LogP contribution < -0.4 is 5.06 Å². The van der Waals surface area contributed by atoms with E-state index in [-0.39, 0.29) is 0 Å². The highest BCUT2D eigenvalue weighted by atomic mass is 16.5. The van der Waals surface area contributed by atoms with Gasteiger partial charge in [-0.3, -0.25) is 0 Å². The molecule has 56 valence electrons. The first-order valence-electron chi connectivity index (χ1n) is 4.38. The van der Waals surface area contributed by atoms with Crippen molar-refractivity contribution in [3.63, 3.8) is 0 Å². The zero-order valence-corrected chi connectivity index (χ0v) is 6.05. The number of hydrogen-bond acceptors (Lipinski definition) is 1. The summed E-state index contributed by atoms with van der Waals surface area (Å²) in [5, 5.41) is 12.0. The summed E-state index contributed by atoms with van der Waals surface area (Å²) in [4.78, 5) is 0. The summed E-state index contributed by atoms with van der Waals surface area (Å²) in [6.45, 7) is 0. The van der Waals surface area contributed by atoms with Crippen LogP contribution in [-0.2, 0) is 0 Å². The lowest BCUT2D eigenvalue weighted by Crippen LogP contribution is -3.13. The minimum absolute atomic E-state index is 0.516. The topological polar surface area (TPSA) is 27.5 Å². The summed E-state index contributed by atoms with van der Waals surface area (Å²) < 4.78 is 0. The van der Waals surface area contributed by atoms with Gasteiger partial charge in [-0.05, 0) is 12.3 Å². The van der Waals surface area contributed by atoms with Gasteiger partial charge in [-0.2, -0.15) is 0 Å². The van der Waals surface area contributed by atoms with Gasteiger partial charge in [0.2, 0.25) is 0 Å². The van der Waals surface area contributed by atoms with E-state index in [0.29, 0.717) is 17.1 Å². The highest BCUT2D eigenvalue weighted by molar-refractivity contribution is 4.96. The summed E-state index contributed by atoms with van der Waals surface area (Å²) in [6.07, 6.45) is 5.12. The first-order chi connectivity index (χ1) is 4.84. The number of piperidine rings is 1. The zero-order valence-electron chi connectivity index (χ0n) is 6.05. The van der Waals surface area contributed by atoms with E-state index >= 15 is 0 Å². The Bertz CT molecular complexity index is 165. The Morgan fingerprint density at radius 2 is 2.00 bits per heavy atom. The predicted molar refractivity (Wildman–Crippen MR) is 37.4 cm³/mol. The smallest absolute Gasteiger partial charge is 0.0907 e. The quantitative estimate of drug-likeness (QED) is 0.468. The van der Waals surface area contributed by atoms with Crippen molar-refractivity contribution in [2.24, 2.45) is 11.8 Å². The van der Waals surface area contributed by atoms with Crippen molar-refractivity contribution >= 4 is 0 Å². The molecule has 0 amide bonds. The Balaban J connectivity index is 1.99. The van der Waals surface area contributed by atoms with E-state index in [1.165, 1.54) is 25.7 Å². The van der Waals surface area contributed by atoms with Crippen LogP contribution in [-0.4, -0.2) is 12.1 Å². The number of hydroxylamine groups is 2. The Labute approximate surface area is 60.8 Å². The third-order valence-corrected chi connectivity index (χ3v) is 3.77. The average molecular weight is 139 g/mol. The monoisotopic (exact) mass is 139 g/mol.